The van der Waals surface area contributed by atoms with Crippen LogP contribution in [0.3, 0.4) is 0 Å². The van der Waals surface area contributed by atoms with Gasteiger partial charge in [-0.15, -0.1) is 0 Å². The van der Waals surface area contributed by atoms with Gasteiger partial charge in [0.1, 0.15) is 10.6 Å². The zero-order chi connectivity index (χ0) is 21.1. The Bertz CT molecular complexity index is 1040. The minimum Gasteiger partial charge on any atom is -0.350 e. The number of nitrogens with zero attached hydrogens (tertiary/aromatic N) is 1. The van der Waals surface area contributed by atoms with Gasteiger partial charge in [0, 0.05) is 15.6 Å². The largest absolute Gasteiger partial charge is 0.350 e. The summed E-state index contributed by atoms with van der Waals surface area (Å²) >= 11 is 7.26. The summed E-state index contributed by atoms with van der Waals surface area (Å²) in [4.78, 5) is 29.0. The fourth-order valence-electron chi connectivity index (χ4n) is 3.07. The molecule has 2 amide bonds. The third-order valence-corrected chi connectivity index (χ3v) is 6.01. The number of hydrogen-bond donors (Lipinski definition) is 1. The number of benzene rings is 3. The molecule has 0 saturated heterocycles. The number of imide groups is 1. The second-order valence-electron chi connectivity index (χ2n) is 6.93. The molecule has 0 unspecified atom stereocenters. The summed E-state index contributed by atoms with van der Waals surface area (Å²) in [6.45, 7) is 2.23. The lowest BCUT2D eigenvalue weighted by Crippen LogP contribution is -2.31. The lowest BCUT2D eigenvalue weighted by molar-refractivity contribution is -0.137. The molecule has 0 radical (unpaired) electrons. The van der Waals surface area contributed by atoms with Gasteiger partial charge in [0.05, 0.1) is 6.54 Å². The number of anilines is 1. The summed E-state index contributed by atoms with van der Waals surface area (Å²) < 4.78 is 0. The number of aryl methyl sites for hydroxylation is 1. The normalized spacial score (nSPS) is 13.9. The van der Waals surface area contributed by atoms with E-state index in [1.165, 1.54) is 16.7 Å². The highest BCUT2D eigenvalue weighted by Crippen LogP contribution is 2.36. The maximum atomic E-state index is 13.2. The average Bonchev–Trinajstić information content (AvgIpc) is 2.96. The van der Waals surface area contributed by atoms with Gasteiger partial charge in [-0.2, -0.15) is 0 Å². The first kappa shape index (κ1) is 20.3. The maximum Gasteiger partial charge on any atom is 0.278 e. The van der Waals surface area contributed by atoms with E-state index in [2.05, 4.69) is 5.32 Å². The van der Waals surface area contributed by atoms with Gasteiger partial charge < -0.3 is 5.32 Å². The summed E-state index contributed by atoms with van der Waals surface area (Å²) in [5, 5.41) is 3.73. The molecule has 0 fully saturated rings. The van der Waals surface area contributed by atoms with Crippen molar-refractivity contribution in [2.45, 2.75) is 18.4 Å². The van der Waals surface area contributed by atoms with E-state index in [1.54, 1.807) is 24.3 Å². The van der Waals surface area contributed by atoms with Crippen LogP contribution in [0.1, 0.15) is 11.1 Å². The Balaban J connectivity index is 1.67. The van der Waals surface area contributed by atoms with Crippen molar-refractivity contribution in [3.63, 3.8) is 0 Å². The second kappa shape index (κ2) is 8.78. The molecular weight excluding hydrogens is 416 g/mol. The summed E-state index contributed by atoms with van der Waals surface area (Å²) in [6, 6.07) is 24.4. The molecule has 150 valence electrons. The van der Waals surface area contributed by atoms with E-state index >= 15 is 0 Å². The van der Waals surface area contributed by atoms with Crippen molar-refractivity contribution in [1.82, 2.24) is 4.90 Å². The van der Waals surface area contributed by atoms with E-state index in [0.29, 0.717) is 15.6 Å². The van der Waals surface area contributed by atoms with Gasteiger partial charge in [-0.1, -0.05) is 71.4 Å². The Morgan fingerprint density at radius 1 is 0.867 bits per heavy atom. The Morgan fingerprint density at radius 3 is 2.20 bits per heavy atom. The van der Waals surface area contributed by atoms with Gasteiger partial charge in [0.25, 0.3) is 11.8 Å². The first-order valence-corrected chi connectivity index (χ1v) is 10.6. The second-order valence-corrected chi connectivity index (χ2v) is 8.45. The molecule has 1 heterocycles. The highest BCUT2D eigenvalue weighted by atomic mass is 35.5. The van der Waals surface area contributed by atoms with Crippen LogP contribution in [0.2, 0.25) is 5.02 Å². The topological polar surface area (TPSA) is 49.4 Å². The van der Waals surface area contributed by atoms with Gasteiger partial charge in [-0.3, -0.25) is 14.5 Å². The van der Waals surface area contributed by atoms with Crippen molar-refractivity contribution < 1.29 is 9.59 Å². The van der Waals surface area contributed by atoms with Crippen molar-refractivity contribution in [1.29, 1.82) is 0 Å². The highest BCUT2D eigenvalue weighted by molar-refractivity contribution is 8.04. The van der Waals surface area contributed by atoms with Crippen LogP contribution in [-0.4, -0.2) is 16.7 Å². The van der Waals surface area contributed by atoms with Crippen LogP contribution < -0.4 is 5.32 Å². The van der Waals surface area contributed by atoms with E-state index in [1.807, 2.05) is 61.5 Å². The lowest BCUT2D eigenvalue weighted by atomic mass is 10.2. The Labute approximate surface area is 184 Å². The molecule has 0 aliphatic carbocycles. The van der Waals surface area contributed by atoms with E-state index in [9.17, 15) is 9.59 Å². The lowest BCUT2D eigenvalue weighted by Gasteiger charge is -2.15. The fraction of sp³-hybridized carbons (Fsp3) is 0.0833. The van der Waals surface area contributed by atoms with E-state index in [-0.39, 0.29) is 24.1 Å². The molecule has 3 aromatic carbocycles. The molecule has 0 spiro atoms. The fourth-order valence-corrected chi connectivity index (χ4v) is 4.14. The minimum atomic E-state index is -0.339. The van der Waals surface area contributed by atoms with Gasteiger partial charge in [-0.25, -0.2) is 0 Å². The van der Waals surface area contributed by atoms with Crippen LogP contribution in [-0.2, 0) is 16.1 Å². The number of amides is 2. The smallest absolute Gasteiger partial charge is 0.278 e. The molecule has 6 heteroatoms. The van der Waals surface area contributed by atoms with Gasteiger partial charge in [0.15, 0.2) is 0 Å². The Hall–Kier alpha value is -3.02. The van der Waals surface area contributed by atoms with E-state index in [0.717, 1.165) is 16.0 Å². The molecule has 1 aliphatic rings. The quantitative estimate of drug-likeness (QED) is 0.510. The number of hydrogen-bond acceptors (Lipinski definition) is 4. The number of nitrogens with one attached hydrogen (secondary N) is 1. The summed E-state index contributed by atoms with van der Waals surface area (Å²) in [5.41, 5.74) is 3.00. The molecule has 0 bridgehead atoms. The van der Waals surface area contributed by atoms with Crippen molar-refractivity contribution in [2.24, 2.45) is 0 Å². The maximum absolute atomic E-state index is 13.2. The van der Waals surface area contributed by atoms with Crippen LogP contribution in [0, 0.1) is 6.92 Å². The summed E-state index contributed by atoms with van der Waals surface area (Å²) in [5.74, 6) is -0.640. The molecule has 0 atom stereocenters. The number of thioether (sulfide) groups is 1. The van der Waals surface area contributed by atoms with E-state index < -0.39 is 0 Å². The summed E-state index contributed by atoms with van der Waals surface area (Å²) in [7, 11) is 0. The first-order valence-electron chi connectivity index (χ1n) is 9.43. The Morgan fingerprint density at radius 2 is 1.53 bits per heavy atom. The molecule has 1 aliphatic heterocycles. The third-order valence-electron chi connectivity index (χ3n) is 4.66. The average molecular weight is 435 g/mol. The van der Waals surface area contributed by atoms with E-state index in [4.69, 9.17) is 11.6 Å². The number of halogens is 1. The molecule has 0 saturated carbocycles. The van der Waals surface area contributed by atoms with Crippen molar-refractivity contribution in [3.05, 3.63) is 106 Å². The van der Waals surface area contributed by atoms with Crippen LogP contribution in [0.5, 0.6) is 0 Å². The van der Waals surface area contributed by atoms with Crippen LogP contribution in [0.4, 0.5) is 5.69 Å². The molecule has 1 N–H and O–H groups in total. The minimum absolute atomic E-state index is 0.224. The monoisotopic (exact) mass is 434 g/mol. The van der Waals surface area contributed by atoms with Crippen LogP contribution >= 0.6 is 23.4 Å². The van der Waals surface area contributed by atoms with Gasteiger partial charge in [0.2, 0.25) is 0 Å². The predicted octanol–water partition coefficient (Wildman–Crippen LogP) is 5.63. The SMILES string of the molecule is Cc1ccc(SC2=C(Nc3ccc(Cl)cc3)C(=O)N(Cc3ccccc3)C2=O)cc1. The van der Waals surface area contributed by atoms with Crippen molar-refractivity contribution in [2.75, 3.05) is 5.32 Å². The highest BCUT2D eigenvalue weighted by Gasteiger charge is 2.39. The van der Waals surface area contributed by atoms with Gasteiger partial charge in [-0.05, 0) is 48.9 Å². The number of rotatable bonds is 6. The number of carbonyl (C=O) groups excluding carboxylic acids is 2. The molecular formula is C24H19ClN2O2S. The molecule has 30 heavy (non-hydrogen) atoms. The van der Waals surface area contributed by atoms with Crippen LogP contribution in [0.15, 0.2) is 94.4 Å². The molecule has 4 nitrogen and oxygen atoms in total. The van der Waals surface area contributed by atoms with Crippen LogP contribution in [0.25, 0.3) is 0 Å². The summed E-state index contributed by atoms with van der Waals surface area (Å²) in [6.07, 6.45) is 0. The zero-order valence-corrected chi connectivity index (χ0v) is 17.8. The van der Waals surface area contributed by atoms with Crippen molar-refractivity contribution in [3.8, 4) is 0 Å². The van der Waals surface area contributed by atoms with Crippen molar-refractivity contribution >= 4 is 40.9 Å². The molecule has 0 aromatic heterocycles. The molecule has 3 aromatic rings. The zero-order valence-electron chi connectivity index (χ0n) is 16.3. The standard InChI is InChI=1S/C24H19ClN2O2S/c1-16-7-13-20(14-8-16)30-22-21(26-19-11-9-18(25)10-12-19)23(28)27(24(22)29)15-17-5-3-2-4-6-17/h2-14,26H,15H2,1H3. The van der Waals surface area contributed by atoms with Gasteiger partial charge >= 0.3 is 0 Å². The third kappa shape index (κ3) is 4.42. The Kier molecular flexibility index (Phi) is 5.93. The number of carbonyl (C=O) groups is 2. The molecule has 4 rings (SSSR count). The first-order chi connectivity index (χ1) is 14.5. The predicted molar refractivity (Wildman–Crippen MR) is 121 cm³/mol.